The number of nitriles is 1. The molecule has 2 rings (SSSR count). The lowest BCUT2D eigenvalue weighted by Crippen LogP contribution is -2.03. The number of alkyl halides is 3. The standard InChI is InChI=1S/C13H9F3N2S/c1-8-11(6-7-17)19-12(18-8)9-2-4-10(5-3-9)13(14,15)16/h2-5H,6H2,1H3. The van der Waals surface area contributed by atoms with Crippen LogP contribution in [0.1, 0.15) is 16.1 Å². The Morgan fingerprint density at radius 3 is 2.42 bits per heavy atom. The van der Waals surface area contributed by atoms with E-state index in [0.717, 1.165) is 22.7 Å². The first kappa shape index (κ1) is 13.6. The summed E-state index contributed by atoms with van der Waals surface area (Å²) < 4.78 is 37.3. The molecule has 0 aliphatic rings. The molecule has 2 nitrogen and oxygen atoms in total. The van der Waals surface area contributed by atoms with Gasteiger partial charge in [-0.15, -0.1) is 11.3 Å². The normalized spacial score (nSPS) is 11.3. The molecule has 0 spiro atoms. The van der Waals surface area contributed by atoms with E-state index in [-0.39, 0.29) is 6.42 Å². The van der Waals surface area contributed by atoms with Gasteiger partial charge in [-0.3, -0.25) is 0 Å². The van der Waals surface area contributed by atoms with Gasteiger partial charge in [-0.25, -0.2) is 4.98 Å². The lowest BCUT2D eigenvalue weighted by atomic mass is 10.1. The van der Waals surface area contributed by atoms with Gasteiger partial charge in [0.15, 0.2) is 0 Å². The van der Waals surface area contributed by atoms with Crippen LogP contribution in [0.15, 0.2) is 24.3 Å². The first-order valence-electron chi connectivity index (χ1n) is 5.42. The molecule has 0 amide bonds. The van der Waals surface area contributed by atoms with Crippen LogP contribution >= 0.6 is 11.3 Å². The van der Waals surface area contributed by atoms with Crippen LogP contribution in [0.2, 0.25) is 0 Å². The summed E-state index contributed by atoms with van der Waals surface area (Å²) in [5.41, 5.74) is 0.702. The Morgan fingerprint density at radius 2 is 1.89 bits per heavy atom. The molecule has 0 saturated heterocycles. The molecule has 0 atom stereocenters. The number of aryl methyl sites for hydroxylation is 1. The van der Waals surface area contributed by atoms with Gasteiger partial charge in [-0.1, -0.05) is 12.1 Å². The quantitative estimate of drug-likeness (QED) is 0.827. The van der Waals surface area contributed by atoms with E-state index in [4.69, 9.17) is 5.26 Å². The van der Waals surface area contributed by atoms with Crippen LogP contribution < -0.4 is 0 Å². The van der Waals surface area contributed by atoms with E-state index >= 15 is 0 Å². The largest absolute Gasteiger partial charge is 0.416 e. The van der Waals surface area contributed by atoms with Gasteiger partial charge >= 0.3 is 6.18 Å². The molecule has 0 N–H and O–H groups in total. The minimum atomic E-state index is -4.33. The van der Waals surface area contributed by atoms with Crippen molar-refractivity contribution in [3.8, 4) is 16.6 Å². The molecule has 0 radical (unpaired) electrons. The van der Waals surface area contributed by atoms with Gasteiger partial charge in [0.05, 0.1) is 23.7 Å². The van der Waals surface area contributed by atoms with Crippen LogP contribution in [-0.2, 0) is 12.6 Å². The Morgan fingerprint density at radius 1 is 1.26 bits per heavy atom. The van der Waals surface area contributed by atoms with Crippen LogP contribution in [0.25, 0.3) is 10.6 Å². The molecule has 6 heteroatoms. The van der Waals surface area contributed by atoms with Crippen molar-refractivity contribution in [3.05, 3.63) is 40.4 Å². The van der Waals surface area contributed by atoms with Gasteiger partial charge < -0.3 is 0 Å². The third kappa shape index (κ3) is 2.93. The zero-order chi connectivity index (χ0) is 14.0. The third-order valence-electron chi connectivity index (χ3n) is 2.59. The Balaban J connectivity index is 2.33. The molecule has 0 unspecified atom stereocenters. The molecule has 1 aromatic heterocycles. The number of nitrogens with zero attached hydrogens (tertiary/aromatic N) is 2. The molecule has 0 aliphatic carbocycles. The zero-order valence-corrected chi connectivity index (χ0v) is 10.8. The number of rotatable bonds is 2. The Bertz CT molecular complexity index is 621. The first-order chi connectivity index (χ1) is 8.91. The molecule has 19 heavy (non-hydrogen) atoms. The molecule has 2 aromatic rings. The fourth-order valence-corrected chi connectivity index (χ4v) is 2.59. The van der Waals surface area contributed by atoms with Crippen molar-refractivity contribution in [3.63, 3.8) is 0 Å². The van der Waals surface area contributed by atoms with Gasteiger partial charge in [0.25, 0.3) is 0 Å². The van der Waals surface area contributed by atoms with Crippen molar-refractivity contribution in [1.29, 1.82) is 5.26 Å². The number of benzene rings is 1. The predicted octanol–water partition coefficient (Wildman–Crippen LogP) is 4.20. The molecule has 1 aromatic carbocycles. The number of hydrogen-bond donors (Lipinski definition) is 0. The van der Waals surface area contributed by atoms with Gasteiger partial charge in [-0.2, -0.15) is 18.4 Å². The van der Waals surface area contributed by atoms with Crippen LogP contribution in [0.4, 0.5) is 13.2 Å². The summed E-state index contributed by atoms with van der Waals surface area (Å²) in [6.45, 7) is 1.79. The van der Waals surface area contributed by atoms with Gasteiger partial charge in [0, 0.05) is 10.4 Å². The summed E-state index contributed by atoms with van der Waals surface area (Å²) in [7, 11) is 0. The highest BCUT2D eigenvalue weighted by Crippen LogP contribution is 2.32. The number of halogens is 3. The monoisotopic (exact) mass is 282 g/mol. The molecule has 0 bridgehead atoms. The highest BCUT2D eigenvalue weighted by atomic mass is 32.1. The molecule has 0 saturated carbocycles. The maximum Gasteiger partial charge on any atom is 0.416 e. The average molecular weight is 282 g/mol. The number of aromatic nitrogens is 1. The van der Waals surface area contributed by atoms with Crippen molar-refractivity contribution < 1.29 is 13.2 Å². The van der Waals surface area contributed by atoms with E-state index in [1.807, 2.05) is 6.07 Å². The van der Waals surface area contributed by atoms with Crippen LogP contribution in [0.5, 0.6) is 0 Å². The molecule has 0 aliphatic heterocycles. The Kier molecular flexibility index (Phi) is 3.58. The summed E-state index contributed by atoms with van der Waals surface area (Å²) in [6, 6.07) is 6.92. The summed E-state index contributed by atoms with van der Waals surface area (Å²) in [5, 5.41) is 9.29. The molecule has 98 valence electrons. The zero-order valence-electron chi connectivity index (χ0n) is 9.95. The van der Waals surface area contributed by atoms with Crippen molar-refractivity contribution >= 4 is 11.3 Å². The third-order valence-corrected chi connectivity index (χ3v) is 3.80. The van der Waals surface area contributed by atoms with Gasteiger partial charge in [0.1, 0.15) is 5.01 Å². The number of thiazole rings is 1. The van der Waals surface area contributed by atoms with Crippen LogP contribution in [0, 0.1) is 18.3 Å². The van der Waals surface area contributed by atoms with E-state index in [1.165, 1.54) is 23.5 Å². The van der Waals surface area contributed by atoms with Crippen LogP contribution in [-0.4, -0.2) is 4.98 Å². The Hall–Kier alpha value is -1.87. The van der Waals surface area contributed by atoms with Crippen molar-refractivity contribution in [2.24, 2.45) is 0 Å². The highest BCUT2D eigenvalue weighted by molar-refractivity contribution is 7.15. The summed E-state index contributed by atoms with van der Waals surface area (Å²) in [4.78, 5) is 5.12. The van der Waals surface area contributed by atoms with E-state index in [0.29, 0.717) is 10.6 Å². The van der Waals surface area contributed by atoms with Crippen molar-refractivity contribution in [2.45, 2.75) is 19.5 Å². The minimum absolute atomic E-state index is 0.268. The smallest absolute Gasteiger partial charge is 0.241 e. The van der Waals surface area contributed by atoms with E-state index < -0.39 is 11.7 Å². The topological polar surface area (TPSA) is 36.7 Å². The van der Waals surface area contributed by atoms with Crippen LogP contribution in [0.3, 0.4) is 0 Å². The summed E-state index contributed by atoms with van der Waals surface area (Å²) in [5.74, 6) is 0. The summed E-state index contributed by atoms with van der Waals surface area (Å²) >= 11 is 1.34. The Labute approximate surface area is 112 Å². The predicted molar refractivity (Wildman–Crippen MR) is 66.6 cm³/mol. The first-order valence-corrected chi connectivity index (χ1v) is 6.24. The van der Waals surface area contributed by atoms with Crippen molar-refractivity contribution in [1.82, 2.24) is 4.98 Å². The molecule has 1 heterocycles. The lowest BCUT2D eigenvalue weighted by Gasteiger charge is -2.06. The molecule has 0 fully saturated rings. The van der Waals surface area contributed by atoms with Gasteiger partial charge in [-0.05, 0) is 19.1 Å². The maximum atomic E-state index is 12.4. The molecular formula is C13H9F3N2S. The van der Waals surface area contributed by atoms with E-state index in [2.05, 4.69) is 4.98 Å². The highest BCUT2D eigenvalue weighted by Gasteiger charge is 2.30. The van der Waals surface area contributed by atoms with Gasteiger partial charge in [0.2, 0.25) is 0 Å². The minimum Gasteiger partial charge on any atom is -0.241 e. The maximum absolute atomic E-state index is 12.4. The fraction of sp³-hybridized carbons (Fsp3) is 0.231. The second-order valence-electron chi connectivity index (χ2n) is 3.94. The average Bonchev–Trinajstić information content (AvgIpc) is 2.71. The second kappa shape index (κ2) is 5.02. The SMILES string of the molecule is Cc1nc(-c2ccc(C(F)(F)F)cc2)sc1CC#N. The second-order valence-corrected chi connectivity index (χ2v) is 5.02. The fourth-order valence-electron chi connectivity index (χ4n) is 1.59. The van der Waals surface area contributed by atoms with E-state index in [1.54, 1.807) is 6.92 Å². The number of hydrogen-bond acceptors (Lipinski definition) is 3. The van der Waals surface area contributed by atoms with E-state index in [9.17, 15) is 13.2 Å². The van der Waals surface area contributed by atoms with Crippen molar-refractivity contribution in [2.75, 3.05) is 0 Å². The summed E-state index contributed by atoms with van der Waals surface area (Å²) in [6.07, 6.45) is -4.06. The lowest BCUT2D eigenvalue weighted by molar-refractivity contribution is -0.137. The molecular weight excluding hydrogens is 273 g/mol.